The van der Waals surface area contributed by atoms with Crippen molar-refractivity contribution in [1.82, 2.24) is 5.43 Å². The number of aryl methyl sites for hydroxylation is 2. The summed E-state index contributed by atoms with van der Waals surface area (Å²) >= 11 is 11.2. The maximum absolute atomic E-state index is 13.0. The van der Waals surface area contributed by atoms with Crippen molar-refractivity contribution in [2.24, 2.45) is 5.10 Å². The van der Waals surface area contributed by atoms with Crippen LogP contribution >= 0.6 is 38.9 Å². The number of nitrogens with zero attached hydrogens (tertiary/aromatic N) is 1. The zero-order chi connectivity index (χ0) is 29.8. The first kappa shape index (κ1) is 29.2. The standard InChI is InChI=1S/C32H23BrClN3O4S/c1-18-3-6-20(7-4-18)30(38)36-24-11-8-21(9-12-24)31(39)37-35-17-22-16-23(33)10-14-26(22)41-32(40)29-28(34)25-13-5-19(2)15-27(25)42-29/h3-17H,1-2H3,(H,36,38)(H,37,39)/b35-17-. The van der Waals surface area contributed by atoms with E-state index in [1.807, 2.05) is 44.2 Å². The third-order valence-corrected chi connectivity index (χ3v) is 8.36. The van der Waals surface area contributed by atoms with Gasteiger partial charge in [0.15, 0.2) is 0 Å². The van der Waals surface area contributed by atoms with Crippen molar-refractivity contribution in [1.29, 1.82) is 0 Å². The van der Waals surface area contributed by atoms with Gasteiger partial charge in [-0.1, -0.05) is 57.4 Å². The molecule has 2 N–H and O–H groups in total. The average Bonchev–Trinajstić information content (AvgIpc) is 3.30. The summed E-state index contributed by atoms with van der Waals surface area (Å²) in [4.78, 5) is 38.4. The number of esters is 1. The minimum Gasteiger partial charge on any atom is -0.422 e. The molecular formula is C32H23BrClN3O4S. The van der Waals surface area contributed by atoms with Gasteiger partial charge in [0.1, 0.15) is 10.6 Å². The fraction of sp³-hybridized carbons (Fsp3) is 0.0625. The minimum atomic E-state index is -0.588. The van der Waals surface area contributed by atoms with Gasteiger partial charge in [-0.05, 0) is 80.1 Å². The van der Waals surface area contributed by atoms with E-state index in [0.717, 1.165) is 25.7 Å². The Morgan fingerprint density at radius 1 is 0.857 bits per heavy atom. The summed E-state index contributed by atoms with van der Waals surface area (Å²) in [5, 5.41) is 8.00. The SMILES string of the molecule is Cc1ccc(C(=O)Nc2ccc(C(=O)N/N=C\c3cc(Br)ccc3OC(=O)c3sc4cc(C)ccc4c3Cl)cc2)cc1. The molecule has 0 saturated carbocycles. The molecule has 1 aromatic heterocycles. The number of hydrogen-bond acceptors (Lipinski definition) is 6. The molecule has 5 aromatic rings. The highest BCUT2D eigenvalue weighted by Crippen LogP contribution is 2.36. The molecule has 5 rings (SSSR count). The maximum atomic E-state index is 13.0. The van der Waals surface area contributed by atoms with E-state index in [9.17, 15) is 14.4 Å². The second-order valence-corrected chi connectivity index (χ2v) is 11.8. The van der Waals surface area contributed by atoms with E-state index in [1.54, 1.807) is 54.6 Å². The molecule has 0 saturated heterocycles. The highest BCUT2D eigenvalue weighted by Gasteiger charge is 2.20. The number of rotatable bonds is 7. The molecule has 210 valence electrons. The molecule has 2 amide bonds. The fourth-order valence-corrected chi connectivity index (χ4v) is 5.86. The lowest BCUT2D eigenvalue weighted by Gasteiger charge is -2.08. The van der Waals surface area contributed by atoms with Crippen molar-refractivity contribution in [2.45, 2.75) is 13.8 Å². The normalized spacial score (nSPS) is 11.0. The topological polar surface area (TPSA) is 96.9 Å². The van der Waals surface area contributed by atoms with Crippen LogP contribution in [0.1, 0.15) is 47.1 Å². The molecule has 0 bridgehead atoms. The van der Waals surface area contributed by atoms with E-state index in [4.69, 9.17) is 16.3 Å². The molecule has 4 aromatic carbocycles. The second kappa shape index (κ2) is 12.7. The number of nitrogens with one attached hydrogen (secondary N) is 2. The van der Waals surface area contributed by atoms with Gasteiger partial charge < -0.3 is 10.1 Å². The van der Waals surface area contributed by atoms with Gasteiger partial charge in [-0.3, -0.25) is 9.59 Å². The van der Waals surface area contributed by atoms with Crippen LogP contribution in [-0.2, 0) is 0 Å². The second-order valence-electron chi connectivity index (χ2n) is 9.41. The Hall–Kier alpha value is -4.31. The number of amides is 2. The predicted octanol–water partition coefficient (Wildman–Crippen LogP) is 8.17. The zero-order valence-electron chi connectivity index (χ0n) is 22.4. The van der Waals surface area contributed by atoms with Gasteiger partial charge in [0.25, 0.3) is 11.8 Å². The molecule has 0 aliphatic heterocycles. The summed E-state index contributed by atoms with van der Waals surface area (Å²) < 4.78 is 7.31. The van der Waals surface area contributed by atoms with Crippen LogP contribution in [0.3, 0.4) is 0 Å². The molecule has 0 atom stereocenters. The lowest BCUT2D eigenvalue weighted by molar-refractivity contribution is 0.0739. The van der Waals surface area contributed by atoms with Crippen molar-refractivity contribution in [3.63, 3.8) is 0 Å². The van der Waals surface area contributed by atoms with Gasteiger partial charge in [0.05, 0.1) is 11.2 Å². The summed E-state index contributed by atoms with van der Waals surface area (Å²) in [5.74, 6) is -1.04. The largest absolute Gasteiger partial charge is 0.422 e. The molecule has 1 heterocycles. The Balaban J connectivity index is 1.24. The van der Waals surface area contributed by atoms with Crippen molar-refractivity contribution >= 4 is 78.6 Å². The Morgan fingerprint density at radius 3 is 2.26 bits per heavy atom. The van der Waals surface area contributed by atoms with E-state index in [2.05, 4.69) is 31.8 Å². The number of hydrazone groups is 1. The fourth-order valence-electron chi connectivity index (χ4n) is 4.00. The van der Waals surface area contributed by atoms with Crippen LogP contribution in [-0.4, -0.2) is 24.0 Å². The molecule has 0 radical (unpaired) electrons. The number of carbonyl (C=O) groups excluding carboxylic acids is 3. The first-order valence-corrected chi connectivity index (χ1v) is 14.7. The Morgan fingerprint density at radius 2 is 1.52 bits per heavy atom. The van der Waals surface area contributed by atoms with Crippen LogP contribution in [0.5, 0.6) is 5.75 Å². The molecule has 0 unspecified atom stereocenters. The van der Waals surface area contributed by atoms with Crippen molar-refractivity contribution in [2.75, 3.05) is 5.32 Å². The highest BCUT2D eigenvalue weighted by atomic mass is 79.9. The van der Waals surface area contributed by atoms with Gasteiger partial charge >= 0.3 is 5.97 Å². The first-order valence-electron chi connectivity index (χ1n) is 12.7. The van der Waals surface area contributed by atoms with Gasteiger partial charge in [0.2, 0.25) is 0 Å². The number of anilines is 1. The van der Waals surface area contributed by atoms with Gasteiger partial charge in [-0.15, -0.1) is 11.3 Å². The molecule has 7 nitrogen and oxygen atoms in total. The van der Waals surface area contributed by atoms with Crippen LogP contribution in [0.25, 0.3) is 10.1 Å². The third kappa shape index (κ3) is 6.76. The van der Waals surface area contributed by atoms with Crippen LogP contribution in [0.4, 0.5) is 5.69 Å². The Bertz CT molecular complexity index is 1850. The van der Waals surface area contributed by atoms with E-state index in [0.29, 0.717) is 32.3 Å². The molecule has 0 aliphatic rings. The molecule has 10 heteroatoms. The molecule has 0 spiro atoms. The summed E-state index contributed by atoms with van der Waals surface area (Å²) in [5.41, 5.74) is 6.49. The Labute approximate surface area is 259 Å². The highest BCUT2D eigenvalue weighted by molar-refractivity contribution is 9.10. The Kier molecular flexibility index (Phi) is 8.82. The summed E-state index contributed by atoms with van der Waals surface area (Å²) in [6, 6.07) is 24.5. The zero-order valence-corrected chi connectivity index (χ0v) is 25.6. The average molecular weight is 661 g/mol. The molecule has 42 heavy (non-hydrogen) atoms. The lowest BCUT2D eigenvalue weighted by atomic mass is 10.1. The monoisotopic (exact) mass is 659 g/mol. The predicted molar refractivity (Wildman–Crippen MR) is 171 cm³/mol. The van der Waals surface area contributed by atoms with Gasteiger partial charge in [0, 0.05) is 36.9 Å². The number of fused-ring (bicyclic) bond motifs is 1. The van der Waals surface area contributed by atoms with Crippen LogP contribution in [0, 0.1) is 13.8 Å². The van der Waals surface area contributed by atoms with E-state index >= 15 is 0 Å². The van der Waals surface area contributed by atoms with Crippen LogP contribution < -0.4 is 15.5 Å². The summed E-state index contributed by atoms with van der Waals surface area (Å²) in [6.07, 6.45) is 1.39. The number of halogens is 2. The van der Waals surface area contributed by atoms with E-state index in [-0.39, 0.29) is 11.7 Å². The summed E-state index contributed by atoms with van der Waals surface area (Å²) in [6.45, 7) is 3.92. The third-order valence-electron chi connectivity index (χ3n) is 6.23. The minimum absolute atomic E-state index is 0.243. The quantitative estimate of drug-likeness (QED) is 0.0797. The van der Waals surface area contributed by atoms with E-state index < -0.39 is 11.9 Å². The van der Waals surface area contributed by atoms with Crippen LogP contribution in [0.15, 0.2) is 94.5 Å². The lowest BCUT2D eigenvalue weighted by Crippen LogP contribution is -2.18. The molecular weight excluding hydrogens is 638 g/mol. The van der Waals surface area contributed by atoms with Crippen molar-refractivity contribution in [3.8, 4) is 5.75 Å². The van der Waals surface area contributed by atoms with Crippen LogP contribution in [0.2, 0.25) is 5.02 Å². The van der Waals surface area contributed by atoms with Gasteiger partial charge in [-0.25, -0.2) is 10.2 Å². The smallest absolute Gasteiger partial charge is 0.355 e. The molecule has 0 fully saturated rings. The first-order chi connectivity index (χ1) is 20.2. The number of carbonyl (C=O) groups is 3. The van der Waals surface area contributed by atoms with Gasteiger partial charge in [-0.2, -0.15) is 5.10 Å². The number of benzene rings is 4. The molecule has 0 aliphatic carbocycles. The number of hydrogen-bond donors (Lipinski definition) is 2. The van der Waals surface area contributed by atoms with Crippen molar-refractivity contribution in [3.05, 3.63) is 127 Å². The number of ether oxygens (including phenoxy) is 1. The maximum Gasteiger partial charge on any atom is 0.355 e. The van der Waals surface area contributed by atoms with E-state index in [1.165, 1.54) is 17.6 Å². The van der Waals surface area contributed by atoms with Crippen molar-refractivity contribution < 1.29 is 19.1 Å². The number of thiophene rings is 1. The summed E-state index contributed by atoms with van der Waals surface area (Å²) in [7, 11) is 0.